The van der Waals surface area contributed by atoms with Crippen LogP contribution < -0.4 is 15.5 Å². The molecule has 3 aromatic carbocycles. The van der Waals surface area contributed by atoms with E-state index in [9.17, 15) is 14.4 Å². The second-order valence-corrected chi connectivity index (χ2v) is 8.07. The van der Waals surface area contributed by atoms with Crippen LogP contribution in [0.15, 0.2) is 71.8 Å². The third-order valence-electron chi connectivity index (χ3n) is 4.29. The zero-order valence-corrected chi connectivity index (χ0v) is 19.7. The molecule has 32 heavy (non-hydrogen) atoms. The lowest BCUT2D eigenvalue weighted by Gasteiger charge is -2.08. The lowest BCUT2D eigenvalue weighted by atomic mass is 10.2. The van der Waals surface area contributed by atoms with E-state index in [1.807, 2.05) is 12.1 Å². The smallest absolute Gasteiger partial charge is 0.344 e. The number of carbonyl (C=O) groups is 3. The molecule has 9 heteroatoms. The molecule has 0 saturated carbocycles. The number of carbonyl (C=O) groups excluding carboxylic acids is 3. The molecule has 0 fully saturated rings. The summed E-state index contributed by atoms with van der Waals surface area (Å²) in [6, 6.07) is 18.6. The van der Waals surface area contributed by atoms with Crippen molar-refractivity contribution < 1.29 is 19.1 Å². The van der Waals surface area contributed by atoms with Gasteiger partial charge in [0.1, 0.15) is 5.75 Å². The van der Waals surface area contributed by atoms with Crippen molar-refractivity contribution in [3.05, 3.63) is 92.0 Å². The number of nitrogens with one attached hydrogen (secondary N) is 2. The van der Waals surface area contributed by atoms with Gasteiger partial charge in [-0.3, -0.25) is 9.59 Å². The van der Waals surface area contributed by atoms with Crippen LogP contribution in [0.1, 0.15) is 21.5 Å². The number of amides is 2. The van der Waals surface area contributed by atoms with Crippen LogP contribution in [0.4, 0.5) is 5.69 Å². The van der Waals surface area contributed by atoms with E-state index in [0.29, 0.717) is 33.1 Å². The highest BCUT2D eigenvalue weighted by molar-refractivity contribution is 14.1. The molecule has 3 rings (SSSR count). The van der Waals surface area contributed by atoms with Crippen LogP contribution in [0.2, 0.25) is 5.02 Å². The summed E-state index contributed by atoms with van der Waals surface area (Å²) in [5.41, 5.74) is 4.36. The van der Waals surface area contributed by atoms with E-state index >= 15 is 0 Å². The van der Waals surface area contributed by atoms with Gasteiger partial charge in [0.2, 0.25) is 0 Å². The molecule has 0 unspecified atom stereocenters. The monoisotopic (exact) mass is 561 g/mol. The van der Waals surface area contributed by atoms with Crippen LogP contribution in [0.25, 0.3) is 0 Å². The highest BCUT2D eigenvalue weighted by Crippen LogP contribution is 2.22. The van der Waals surface area contributed by atoms with Gasteiger partial charge in [-0.1, -0.05) is 29.8 Å². The highest BCUT2D eigenvalue weighted by atomic mass is 127. The largest absolute Gasteiger partial charge is 0.423 e. The molecule has 2 amide bonds. The first-order chi connectivity index (χ1) is 15.3. The van der Waals surface area contributed by atoms with Gasteiger partial charge in [-0.05, 0) is 89.2 Å². The van der Waals surface area contributed by atoms with Crippen LogP contribution in [0.3, 0.4) is 0 Å². The van der Waals surface area contributed by atoms with E-state index in [1.54, 1.807) is 61.5 Å². The zero-order chi connectivity index (χ0) is 23.1. The van der Waals surface area contributed by atoms with Crippen LogP contribution in [-0.2, 0) is 9.59 Å². The van der Waals surface area contributed by atoms with Crippen molar-refractivity contribution >= 4 is 63.9 Å². The summed E-state index contributed by atoms with van der Waals surface area (Å²) in [5, 5.41) is 6.74. The molecule has 0 heterocycles. The van der Waals surface area contributed by atoms with Crippen molar-refractivity contribution in [1.29, 1.82) is 0 Å². The second kappa shape index (κ2) is 10.9. The minimum Gasteiger partial charge on any atom is -0.423 e. The predicted molar refractivity (Wildman–Crippen MR) is 131 cm³/mol. The molecule has 7 nitrogen and oxygen atoms in total. The number of hydrazone groups is 1. The average Bonchev–Trinajstić information content (AvgIpc) is 2.78. The van der Waals surface area contributed by atoms with E-state index in [2.05, 4.69) is 38.4 Å². The number of benzene rings is 3. The van der Waals surface area contributed by atoms with Crippen molar-refractivity contribution in [1.82, 2.24) is 5.43 Å². The maximum absolute atomic E-state index is 12.3. The topological polar surface area (TPSA) is 96.9 Å². The number of hydrogen-bond donors (Lipinski definition) is 2. The number of esters is 1. The van der Waals surface area contributed by atoms with Crippen LogP contribution in [0.5, 0.6) is 5.75 Å². The Bertz CT molecular complexity index is 1200. The quantitative estimate of drug-likeness (QED) is 0.119. The van der Waals surface area contributed by atoms with Gasteiger partial charge in [-0.2, -0.15) is 5.10 Å². The minimum absolute atomic E-state index is 0.368. The molecule has 3 aromatic rings. The van der Waals surface area contributed by atoms with E-state index in [0.717, 1.165) is 3.57 Å². The standard InChI is InChI=1S/C23H17ClIN3O4/c1-14-18(24)6-4-8-20(14)27-21(29)22(30)28-26-13-15-9-11-16(12-10-15)32-23(31)17-5-2-3-7-19(17)25/h2-13H,1H3,(H,27,29)(H,28,30)/b26-13+. The van der Waals surface area contributed by atoms with Crippen molar-refractivity contribution in [2.24, 2.45) is 5.10 Å². The van der Waals surface area contributed by atoms with Gasteiger partial charge >= 0.3 is 17.8 Å². The van der Waals surface area contributed by atoms with Gasteiger partial charge in [0.25, 0.3) is 0 Å². The van der Waals surface area contributed by atoms with Gasteiger partial charge in [0.15, 0.2) is 0 Å². The number of hydrogen-bond acceptors (Lipinski definition) is 5. The Morgan fingerprint density at radius 3 is 2.41 bits per heavy atom. The van der Waals surface area contributed by atoms with Gasteiger partial charge in [-0.25, -0.2) is 10.2 Å². The highest BCUT2D eigenvalue weighted by Gasteiger charge is 2.15. The number of anilines is 1. The van der Waals surface area contributed by atoms with Crippen molar-refractivity contribution in [3.8, 4) is 5.75 Å². The van der Waals surface area contributed by atoms with Crippen LogP contribution in [-0.4, -0.2) is 24.0 Å². The maximum Gasteiger partial charge on any atom is 0.344 e. The summed E-state index contributed by atoms with van der Waals surface area (Å²) < 4.78 is 6.16. The Morgan fingerprint density at radius 1 is 0.969 bits per heavy atom. The third kappa shape index (κ3) is 6.14. The van der Waals surface area contributed by atoms with Gasteiger partial charge in [0.05, 0.1) is 11.8 Å². The molecule has 0 spiro atoms. The first-order valence-electron chi connectivity index (χ1n) is 9.31. The lowest BCUT2D eigenvalue weighted by Crippen LogP contribution is -2.32. The van der Waals surface area contributed by atoms with Gasteiger partial charge in [-0.15, -0.1) is 0 Å². The minimum atomic E-state index is -0.927. The Morgan fingerprint density at radius 2 is 1.69 bits per heavy atom. The van der Waals surface area contributed by atoms with Crippen molar-refractivity contribution in [2.75, 3.05) is 5.32 Å². The van der Waals surface area contributed by atoms with Crippen molar-refractivity contribution in [2.45, 2.75) is 6.92 Å². The fourth-order valence-electron chi connectivity index (χ4n) is 2.55. The summed E-state index contributed by atoms with van der Waals surface area (Å²) in [6.45, 7) is 1.73. The number of halogens is 2. The molecule has 0 aromatic heterocycles. The molecule has 0 aliphatic heterocycles. The van der Waals surface area contributed by atoms with E-state index in [-0.39, 0.29) is 0 Å². The molecular formula is C23H17ClIN3O4. The summed E-state index contributed by atoms with van der Waals surface area (Å²) in [7, 11) is 0. The van der Waals surface area contributed by atoms with Crippen LogP contribution >= 0.6 is 34.2 Å². The molecule has 2 N–H and O–H groups in total. The van der Waals surface area contributed by atoms with Gasteiger partial charge in [0, 0.05) is 14.3 Å². The normalized spacial score (nSPS) is 10.6. The Kier molecular flexibility index (Phi) is 7.96. The SMILES string of the molecule is Cc1c(Cl)cccc1NC(=O)C(=O)N/N=C/c1ccc(OC(=O)c2ccccc2I)cc1. The molecule has 0 atom stereocenters. The predicted octanol–water partition coefficient (Wildman–Crippen LogP) is 4.56. The fourth-order valence-corrected chi connectivity index (χ4v) is 3.33. The third-order valence-corrected chi connectivity index (χ3v) is 5.64. The molecule has 0 radical (unpaired) electrons. The summed E-state index contributed by atoms with van der Waals surface area (Å²) >= 11 is 8.07. The average molecular weight is 562 g/mol. The fraction of sp³-hybridized carbons (Fsp3) is 0.0435. The molecular weight excluding hydrogens is 545 g/mol. The molecule has 0 aliphatic carbocycles. The molecule has 0 bridgehead atoms. The second-order valence-electron chi connectivity index (χ2n) is 6.50. The first kappa shape index (κ1) is 23.4. The van der Waals surface area contributed by atoms with Crippen LogP contribution in [0, 0.1) is 10.5 Å². The lowest BCUT2D eigenvalue weighted by molar-refractivity contribution is -0.136. The number of nitrogens with zero attached hydrogens (tertiary/aromatic N) is 1. The molecule has 0 aliphatic rings. The summed E-state index contributed by atoms with van der Waals surface area (Å²) in [4.78, 5) is 36.2. The Hall–Kier alpha value is -3.24. The number of rotatable bonds is 5. The summed E-state index contributed by atoms with van der Waals surface area (Å²) in [5.74, 6) is -1.88. The zero-order valence-electron chi connectivity index (χ0n) is 16.8. The van der Waals surface area contributed by atoms with E-state index < -0.39 is 17.8 Å². The maximum atomic E-state index is 12.3. The number of ether oxygens (including phenoxy) is 1. The van der Waals surface area contributed by atoms with Crippen molar-refractivity contribution in [3.63, 3.8) is 0 Å². The molecule has 162 valence electrons. The van der Waals surface area contributed by atoms with Gasteiger partial charge < -0.3 is 10.1 Å². The first-order valence-corrected chi connectivity index (χ1v) is 10.8. The Labute approximate surface area is 202 Å². The summed E-state index contributed by atoms with van der Waals surface area (Å²) in [6.07, 6.45) is 1.36. The molecule has 0 saturated heterocycles. The van der Waals surface area contributed by atoms with E-state index in [1.165, 1.54) is 6.21 Å². The van der Waals surface area contributed by atoms with E-state index in [4.69, 9.17) is 16.3 Å². The Balaban J connectivity index is 1.53.